The summed E-state index contributed by atoms with van der Waals surface area (Å²) in [5.41, 5.74) is 1.99. The van der Waals surface area contributed by atoms with Gasteiger partial charge in [-0.25, -0.2) is 0 Å². The van der Waals surface area contributed by atoms with Crippen molar-refractivity contribution in [3.05, 3.63) is 0 Å². The third-order valence-electron chi connectivity index (χ3n) is 6.28. The van der Waals surface area contributed by atoms with E-state index in [-0.39, 0.29) is 0 Å². The standard InChI is InChI=1S/C18H34/c1-5-18(13-11-16(2,3)12-14-18)15-17(4)9-7-6-8-10-17/h5-15H2,1-4H3. The normalized spacial score (nSPS) is 30.0. The molecule has 0 bridgehead atoms. The molecular weight excluding hydrogens is 216 g/mol. The zero-order valence-electron chi connectivity index (χ0n) is 13.3. The fourth-order valence-electron chi connectivity index (χ4n) is 4.60. The van der Waals surface area contributed by atoms with Crippen molar-refractivity contribution in [2.45, 2.75) is 98.3 Å². The van der Waals surface area contributed by atoms with E-state index in [4.69, 9.17) is 0 Å². The van der Waals surface area contributed by atoms with Crippen molar-refractivity contribution in [1.82, 2.24) is 0 Å². The fraction of sp³-hybridized carbons (Fsp3) is 1.00. The average molecular weight is 250 g/mol. The second-order valence-electron chi connectivity index (χ2n) is 8.57. The van der Waals surface area contributed by atoms with Gasteiger partial charge < -0.3 is 0 Å². The first-order valence-corrected chi connectivity index (χ1v) is 8.39. The second-order valence-corrected chi connectivity index (χ2v) is 8.57. The van der Waals surface area contributed by atoms with Gasteiger partial charge in [-0.2, -0.15) is 0 Å². The minimum Gasteiger partial charge on any atom is -0.0649 e. The van der Waals surface area contributed by atoms with Crippen molar-refractivity contribution in [3.8, 4) is 0 Å². The Labute approximate surface area is 115 Å². The summed E-state index contributed by atoms with van der Waals surface area (Å²) in [4.78, 5) is 0. The molecule has 18 heavy (non-hydrogen) atoms. The van der Waals surface area contributed by atoms with Gasteiger partial charge in [0.25, 0.3) is 0 Å². The molecule has 0 saturated heterocycles. The van der Waals surface area contributed by atoms with Crippen LogP contribution in [-0.2, 0) is 0 Å². The Morgan fingerprint density at radius 2 is 1.28 bits per heavy atom. The van der Waals surface area contributed by atoms with Gasteiger partial charge in [0, 0.05) is 0 Å². The van der Waals surface area contributed by atoms with Gasteiger partial charge in [-0.1, -0.05) is 53.4 Å². The van der Waals surface area contributed by atoms with Gasteiger partial charge in [0.05, 0.1) is 0 Å². The SMILES string of the molecule is CCC1(CC2(C)CCCCC2)CCC(C)(C)CC1. The molecule has 2 aliphatic rings. The number of hydrogen-bond acceptors (Lipinski definition) is 0. The molecule has 0 aromatic rings. The first-order chi connectivity index (χ1) is 8.39. The molecule has 2 rings (SSSR count). The zero-order chi connectivity index (χ0) is 13.3. The Hall–Kier alpha value is 0. The van der Waals surface area contributed by atoms with Crippen molar-refractivity contribution in [2.75, 3.05) is 0 Å². The summed E-state index contributed by atoms with van der Waals surface area (Å²) in [5.74, 6) is 0. The first-order valence-electron chi connectivity index (χ1n) is 8.39. The molecule has 2 saturated carbocycles. The molecule has 0 spiro atoms. The maximum atomic E-state index is 2.59. The highest BCUT2D eigenvalue weighted by atomic mass is 14.5. The average Bonchev–Trinajstić information content (AvgIpc) is 2.33. The van der Waals surface area contributed by atoms with E-state index in [1.54, 1.807) is 0 Å². The van der Waals surface area contributed by atoms with Gasteiger partial charge in [-0.05, 0) is 61.2 Å². The van der Waals surface area contributed by atoms with Crippen LogP contribution in [0.25, 0.3) is 0 Å². The second kappa shape index (κ2) is 5.17. The quantitative estimate of drug-likeness (QED) is 0.548. The molecule has 0 radical (unpaired) electrons. The minimum absolute atomic E-state index is 0.617. The van der Waals surface area contributed by atoms with Crippen molar-refractivity contribution < 1.29 is 0 Å². The molecule has 2 fully saturated rings. The van der Waals surface area contributed by atoms with Crippen LogP contribution in [0.15, 0.2) is 0 Å². The summed E-state index contributed by atoms with van der Waals surface area (Å²) in [6, 6.07) is 0. The summed E-state index contributed by atoms with van der Waals surface area (Å²) >= 11 is 0. The van der Waals surface area contributed by atoms with Gasteiger partial charge >= 0.3 is 0 Å². The van der Waals surface area contributed by atoms with Crippen LogP contribution in [0.3, 0.4) is 0 Å². The van der Waals surface area contributed by atoms with Crippen LogP contribution in [0.2, 0.25) is 0 Å². The van der Waals surface area contributed by atoms with E-state index in [1.165, 1.54) is 70.6 Å². The molecule has 0 nitrogen and oxygen atoms in total. The van der Waals surface area contributed by atoms with E-state index in [1.807, 2.05) is 0 Å². The van der Waals surface area contributed by atoms with E-state index in [0.29, 0.717) is 16.2 Å². The molecule has 106 valence electrons. The molecule has 0 aliphatic heterocycles. The maximum absolute atomic E-state index is 2.59. The van der Waals surface area contributed by atoms with Crippen LogP contribution in [0.1, 0.15) is 98.3 Å². The lowest BCUT2D eigenvalue weighted by molar-refractivity contribution is 0.0302. The highest BCUT2D eigenvalue weighted by Crippen LogP contribution is 2.54. The summed E-state index contributed by atoms with van der Waals surface area (Å²) in [6.07, 6.45) is 16.3. The van der Waals surface area contributed by atoms with Crippen LogP contribution >= 0.6 is 0 Å². The smallest absolute Gasteiger partial charge is 0.0295 e. The molecule has 0 heterocycles. The van der Waals surface area contributed by atoms with Gasteiger partial charge in [-0.3, -0.25) is 0 Å². The summed E-state index contributed by atoms with van der Waals surface area (Å²) in [7, 11) is 0. The third kappa shape index (κ3) is 3.31. The van der Waals surface area contributed by atoms with E-state index in [9.17, 15) is 0 Å². The third-order valence-corrected chi connectivity index (χ3v) is 6.28. The molecule has 0 aromatic heterocycles. The largest absolute Gasteiger partial charge is 0.0649 e. The highest BCUT2D eigenvalue weighted by molar-refractivity contribution is 4.93. The van der Waals surface area contributed by atoms with Gasteiger partial charge in [-0.15, -0.1) is 0 Å². The van der Waals surface area contributed by atoms with Crippen molar-refractivity contribution in [1.29, 1.82) is 0 Å². The minimum atomic E-state index is 0.617. The van der Waals surface area contributed by atoms with Crippen molar-refractivity contribution in [3.63, 3.8) is 0 Å². The highest BCUT2D eigenvalue weighted by Gasteiger charge is 2.42. The van der Waals surface area contributed by atoms with Crippen LogP contribution in [0.5, 0.6) is 0 Å². The molecule has 0 unspecified atom stereocenters. The Bertz CT molecular complexity index is 258. The van der Waals surface area contributed by atoms with E-state index in [0.717, 1.165) is 0 Å². The van der Waals surface area contributed by atoms with Crippen LogP contribution in [0.4, 0.5) is 0 Å². The van der Waals surface area contributed by atoms with E-state index < -0.39 is 0 Å². The van der Waals surface area contributed by atoms with Crippen molar-refractivity contribution in [2.24, 2.45) is 16.2 Å². The van der Waals surface area contributed by atoms with Crippen LogP contribution in [0, 0.1) is 16.2 Å². The zero-order valence-corrected chi connectivity index (χ0v) is 13.3. The Balaban J connectivity index is 2.00. The lowest BCUT2D eigenvalue weighted by atomic mass is 9.57. The predicted octanol–water partition coefficient (Wildman–Crippen LogP) is 6.34. The molecule has 2 aliphatic carbocycles. The Kier molecular flexibility index (Phi) is 4.14. The molecule has 0 N–H and O–H groups in total. The number of rotatable bonds is 3. The summed E-state index contributed by atoms with van der Waals surface area (Å²) in [6.45, 7) is 9.97. The molecule has 0 amide bonds. The Morgan fingerprint density at radius 1 is 0.722 bits per heavy atom. The summed E-state index contributed by atoms with van der Waals surface area (Å²) in [5, 5.41) is 0. The van der Waals surface area contributed by atoms with Crippen LogP contribution < -0.4 is 0 Å². The molecule has 0 heteroatoms. The number of hydrogen-bond donors (Lipinski definition) is 0. The predicted molar refractivity (Wildman–Crippen MR) is 80.8 cm³/mol. The van der Waals surface area contributed by atoms with Crippen molar-refractivity contribution >= 4 is 0 Å². The maximum Gasteiger partial charge on any atom is -0.0295 e. The lowest BCUT2D eigenvalue weighted by Crippen LogP contribution is -2.36. The van der Waals surface area contributed by atoms with E-state index in [2.05, 4.69) is 27.7 Å². The molecule has 0 atom stereocenters. The monoisotopic (exact) mass is 250 g/mol. The topological polar surface area (TPSA) is 0 Å². The van der Waals surface area contributed by atoms with Gasteiger partial charge in [0.2, 0.25) is 0 Å². The molecule has 0 aromatic carbocycles. The van der Waals surface area contributed by atoms with Crippen LogP contribution in [-0.4, -0.2) is 0 Å². The summed E-state index contributed by atoms with van der Waals surface area (Å²) < 4.78 is 0. The first kappa shape index (κ1) is 14.4. The lowest BCUT2D eigenvalue weighted by Gasteiger charge is -2.49. The molecular formula is C18H34. The fourth-order valence-corrected chi connectivity index (χ4v) is 4.60. The van der Waals surface area contributed by atoms with Gasteiger partial charge in [0.15, 0.2) is 0 Å². The van der Waals surface area contributed by atoms with Gasteiger partial charge in [0.1, 0.15) is 0 Å². The van der Waals surface area contributed by atoms with E-state index >= 15 is 0 Å². The Morgan fingerprint density at radius 3 is 1.78 bits per heavy atom.